The number of rotatable bonds is 3. The Morgan fingerprint density at radius 1 is 1.29 bits per heavy atom. The Hall–Kier alpha value is -2.67. The number of piperidine rings is 1. The highest BCUT2D eigenvalue weighted by Crippen LogP contribution is 2.42. The summed E-state index contributed by atoms with van der Waals surface area (Å²) in [5.41, 5.74) is 1.66. The van der Waals surface area contributed by atoms with Crippen molar-refractivity contribution in [1.29, 1.82) is 0 Å². The lowest BCUT2D eigenvalue weighted by Crippen LogP contribution is -2.54. The highest BCUT2D eigenvalue weighted by atomic mass is 16.3. The van der Waals surface area contributed by atoms with Gasteiger partial charge in [0.25, 0.3) is 5.91 Å². The quantitative estimate of drug-likeness (QED) is 0.757. The van der Waals surface area contributed by atoms with Crippen molar-refractivity contribution in [1.82, 2.24) is 24.2 Å². The summed E-state index contributed by atoms with van der Waals surface area (Å²) >= 11 is 0. The third-order valence-electron chi connectivity index (χ3n) is 6.37. The number of nitrogens with zero attached hydrogens (tertiary/aromatic N) is 5. The highest BCUT2D eigenvalue weighted by molar-refractivity contribution is 5.95. The fourth-order valence-electron chi connectivity index (χ4n) is 5.22. The van der Waals surface area contributed by atoms with Gasteiger partial charge in [-0.25, -0.2) is 0 Å². The minimum atomic E-state index is -0.811. The molecule has 2 aliphatic heterocycles. The van der Waals surface area contributed by atoms with Gasteiger partial charge in [0, 0.05) is 43.1 Å². The molecule has 0 radical (unpaired) electrons. The number of pyridine rings is 1. The number of fused-ring (bicyclic) bond motifs is 3. The number of aromatic nitrogens is 4. The topological polar surface area (TPSA) is 76.2 Å². The van der Waals surface area contributed by atoms with Crippen LogP contribution in [0, 0.1) is 6.92 Å². The van der Waals surface area contributed by atoms with E-state index in [-0.39, 0.29) is 18.0 Å². The minimum Gasteiger partial charge on any atom is -0.388 e. The molecule has 7 heteroatoms. The summed E-state index contributed by atoms with van der Waals surface area (Å²) in [5.74, 6) is 0.0516. The van der Waals surface area contributed by atoms with E-state index < -0.39 is 5.60 Å². The number of carbonyl (C=O) groups excluding carboxylic acids is 1. The van der Waals surface area contributed by atoms with E-state index in [2.05, 4.69) is 20.7 Å². The molecular formula is C21H25N5O2. The van der Waals surface area contributed by atoms with Crippen molar-refractivity contribution in [2.24, 2.45) is 7.05 Å². The summed E-state index contributed by atoms with van der Waals surface area (Å²) < 4.78 is 3.78. The molecule has 2 bridgehead atoms. The van der Waals surface area contributed by atoms with E-state index in [9.17, 15) is 9.90 Å². The fourth-order valence-corrected chi connectivity index (χ4v) is 5.22. The first-order chi connectivity index (χ1) is 13.4. The molecule has 1 amide bonds. The minimum absolute atomic E-state index is 0.0516. The average Bonchev–Trinajstić information content (AvgIpc) is 3.29. The molecule has 2 aliphatic rings. The lowest BCUT2D eigenvalue weighted by molar-refractivity contribution is -0.0533. The van der Waals surface area contributed by atoms with E-state index in [1.54, 1.807) is 17.1 Å². The Morgan fingerprint density at radius 2 is 2.04 bits per heavy atom. The van der Waals surface area contributed by atoms with Gasteiger partial charge in [-0.05, 0) is 44.7 Å². The van der Waals surface area contributed by atoms with E-state index in [0.717, 1.165) is 29.4 Å². The lowest BCUT2D eigenvalue weighted by Gasteiger charge is -2.44. The van der Waals surface area contributed by atoms with Crippen LogP contribution >= 0.6 is 0 Å². The second-order valence-corrected chi connectivity index (χ2v) is 8.41. The van der Waals surface area contributed by atoms with Crippen LogP contribution in [0.1, 0.15) is 41.7 Å². The summed E-state index contributed by atoms with van der Waals surface area (Å²) in [5, 5.41) is 16.9. The highest BCUT2D eigenvalue weighted by Gasteiger charge is 2.49. The number of carbonyl (C=O) groups is 1. The third-order valence-corrected chi connectivity index (χ3v) is 6.37. The number of aliphatic hydroxyl groups is 1. The van der Waals surface area contributed by atoms with Gasteiger partial charge in [-0.15, -0.1) is 0 Å². The van der Waals surface area contributed by atoms with Gasteiger partial charge in [0.1, 0.15) is 0 Å². The average molecular weight is 379 g/mol. The van der Waals surface area contributed by atoms with Gasteiger partial charge >= 0.3 is 0 Å². The van der Waals surface area contributed by atoms with Gasteiger partial charge in [-0.1, -0.05) is 0 Å². The zero-order chi connectivity index (χ0) is 19.5. The van der Waals surface area contributed by atoms with Crippen LogP contribution in [-0.4, -0.2) is 52.9 Å². The van der Waals surface area contributed by atoms with E-state index >= 15 is 0 Å². The molecule has 3 aromatic heterocycles. The van der Waals surface area contributed by atoms with Gasteiger partial charge in [0.2, 0.25) is 0 Å². The Kier molecular flexibility index (Phi) is 3.84. The molecule has 28 heavy (non-hydrogen) atoms. The van der Waals surface area contributed by atoms with Crippen LogP contribution in [0.4, 0.5) is 0 Å². The number of hydrogen-bond donors (Lipinski definition) is 1. The molecule has 0 aliphatic carbocycles. The van der Waals surface area contributed by atoms with Crippen molar-refractivity contribution in [3.8, 4) is 0 Å². The van der Waals surface area contributed by atoms with Crippen LogP contribution in [-0.2, 0) is 13.6 Å². The normalized spacial score (nSPS) is 26.9. The molecule has 1 N–H and O–H groups in total. The van der Waals surface area contributed by atoms with Crippen LogP contribution in [0.25, 0.3) is 10.9 Å². The summed E-state index contributed by atoms with van der Waals surface area (Å²) in [6.45, 7) is 2.41. The van der Waals surface area contributed by atoms with Crippen LogP contribution in [0.5, 0.6) is 0 Å². The molecule has 0 unspecified atom stereocenters. The molecule has 2 atom stereocenters. The Labute approximate surface area is 163 Å². The van der Waals surface area contributed by atoms with E-state index in [1.807, 2.05) is 37.3 Å². The summed E-state index contributed by atoms with van der Waals surface area (Å²) in [7, 11) is 1.84. The van der Waals surface area contributed by atoms with E-state index in [4.69, 9.17) is 0 Å². The van der Waals surface area contributed by atoms with Gasteiger partial charge in [-0.2, -0.15) is 5.10 Å². The van der Waals surface area contributed by atoms with Crippen LogP contribution in [0.3, 0.4) is 0 Å². The maximum absolute atomic E-state index is 13.2. The molecule has 0 saturated carbocycles. The molecule has 2 fully saturated rings. The van der Waals surface area contributed by atoms with Gasteiger partial charge in [0.05, 0.1) is 35.1 Å². The first kappa shape index (κ1) is 17.4. The largest absolute Gasteiger partial charge is 0.388 e. The molecule has 5 rings (SSSR count). The zero-order valence-electron chi connectivity index (χ0n) is 16.2. The SMILES string of the molecule is Cc1nn(C)cc1C(=O)N1[C@H]2CC[C@H]1CC(O)(Cn1ccc3ccncc31)C2. The van der Waals surface area contributed by atoms with Gasteiger partial charge < -0.3 is 14.6 Å². The van der Waals surface area contributed by atoms with Crippen molar-refractivity contribution < 1.29 is 9.90 Å². The van der Waals surface area contributed by atoms with Crippen molar-refractivity contribution in [2.45, 2.75) is 56.8 Å². The number of aryl methyl sites for hydroxylation is 2. The fraction of sp³-hybridized carbons (Fsp3) is 0.476. The monoisotopic (exact) mass is 379 g/mol. The Morgan fingerprint density at radius 3 is 2.71 bits per heavy atom. The summed E-state index contributed by atoms with van der Waals surface area (Å²) in [4.78, 5) is 19.4. The predicted molar refractivity (Wildman–Crippen MR) is 105 cm³/mol. The number of amides is 1. The van der Waals surface area contributed by atoms with Crippen molar-refractivity contribution in [2.75, 3.05) is 0 Å². The first-order valence-electron chi connectivity index (χ1n) is 9.88. The maximum Gasteiger partial charge on any atom is 0.257 e. The van der Waals surface area contributed by atoms with Crippen molar-refractivity contribution in [3.63, 3.8) is 0 Å². The molecular weight excluding hydrogens is 354 g/mol. The van der Waals surface area contributed by atoms with E-state index in [0.29, 0.717) is 24.9 Å². The molecule has 2 saturated heterocycles. The molecule has 5 heterocycles. The second-order valence-electron chi connectivity index (χ2n) is 8.41. The first-order valence-corrected chi connectivity index (χ1v) is 9.88. The molecule has 0 spiro atoms. The standard InChI is InChI=1S/C21H25N5O2/c1-14-18(12-24(2)23-14)20(27)26-16-3-4-17(26)10-21(28,9-16)13-25-8-6-15-5-7-22-11-19(15)25/h5-8,11-12,16-17,28H,3-4,9-10,13H2,1-2H3/t16-,17-/m0/s1. The molecule has 3 aromatic rings. The van der Waals surface area contributed by atoms with Gasteiger partial charge in [0.15, 0.2) is 0 Å². The molecule has 0 aromatic carbocycles. The lowest BCUT2D eigenvalue weighted by atomic mass is 9.85. The number of hydrogen-bond acceptors (Lipinski definition) is 4. The van der Waals surface area contributed by atoms with Crippen molar-refractivity contribution >= 4 is 16.8 Å². The third kappa shape index (κ3) is 2.73. The maximum atomic E-state index is 13.2. The van der Waals surface area contributed by atoms with Crippen LogP contribution in [0.2, 0.25) is 0 Å². The Bertz CT molecular complexity index is 1040. The van der Waals surface area contributed by atoms with Crippen LogP contribution in [0.15, 0.2) is 36.9 Å². The Balaban J connectivity index is 1.39. The smallest absolute Gasteiger partial charge is 0.257 e. The van der Waals surface area contributed by atoms with E-state index in [1.165, 1.54) is 0 Å². The van der Waals surface area contributed by atoms with Gasteiger partial charge in [-0.3, -0.25) is 14.5 Å². The zero-order valence-corrected chi connectivity index (χ0v) is 16.2. The summed E-state index contributed by atoms with van der Waals surface area (Å²) in [6.07, 6.45) is 10.6. The summed E-state index contributed by atoms with van der Waals surface area (Å²) in [6, 6.07) is 4.20. The molecule has 7 nitrogen and oxygen atoms in total. The predicted octanol–water partition coefficient (Wildman–Crippen LogP) is 2.28. The van der Waals surface area contributed by atoms with Crippen LogP contribution < -0.4 is 0 Å². The molecule has 146 valence electrons. The van der Waals surface area contributed by atoms with Crippen molar-refractivity contribution in [3.05, 3.63) is 48.2 Å². The second kappa shape index (κ2) is 6.17.